The van der Waals surface area contributed by atoms with Crippen molar-refractivity contribution in [2.45, 2.75) is 6.92 Å². The molecule has 0 bridgehead atoms. The first-order chi connectivity index (χ1) is 15.0. The Bertz CT molecular complexity index is 1300. The van der Waals surface area contributed by atoms with Crippen LogP contribution in [0, 0.1) is 6.92 Å². The lowest BCUT2D eigenvalue weighted by molar-refractivity contribution is 0.101. The fraction of sp³-hybridized carbons (Fsp3) is 0.0417. The van der Waals surface area contributed by atoms with E-state index in [2.05, 4.69) is 10.4 Å². The minimum absolute atomic E-state index is 0.250. The Morgan fingerprint density at radius 2 is 1.65 bits per heavy atom. The standard InChI is InChI=1S/C24H18ClN3O3/c1-16-15-21(29)23(27-28(16)20-13-7-5-11-18(20)25)24(30)26-19-12-6-8-14-22(19)31-17-9-3-2-4-10-17/h2-15H,1H3,(H,26,30). The van der Waals surface area contributed by atoms with Crippen LogP contribution in [-0.2, 0) is 0 Å². The number of aryl methyl sites for hydroxylation is 1. The molecule has 0 aliphatic rings. The maximum Gasteiger partial charge on any atom is 0.280 e. The fourth-order valence-corrected chi connectivity index (χ4v) is 3.24. The highest BCUT2D eigenvalue weighted by Crippen LogP contribution is 2.29. The number of nitrogens with zero attached hydrogens (tertiary/aromatic N) is 2. The predicted octanol–water partition coefficient (Wildman–Crippen LogP) is 5.24. The van der Waals surface area contributed by atoms with Crippen molar-refractivity contribution >= 4 is 23.2 Å². The minimum Gasteiger partial charge on any atom is -0.455 e. The van der Waals surface area contributed by atoms with Crippen LogP contribution in [0.15, 0.2) is 89.7 Å². The van der Waals surface area contributed by atoms with E-state index in [-0.39, 0.29) is 5.69 Å². The summed E-state index contributed by atoms with van der Waals surface area (Å²) < 4.78 is 7.35. The van der Waals surface area contributed by atoms with Gasteiger partial charge in [0.25, 0.3) is 5.91 Å². The van der Waals surface area contributed by atoms with Gasteiger partial charge in [-0.25, -0.2) is 4.68 Å². The van der Waals surface area contributed by atoms with Crippen LogP contribution in [0.4, 0.5) is 5.69 Å². The number of para-hydroxylation sites is 4. The molecule has 154 valence electrons. The molecule has 0 atom stereocenters. The maximum atomic E-state index is 12.9. The van der Waals surface area contributed by atoms with Crippen LogP contribution in [-0.4, -0.2) is 15.7 Å². The van der Waals surface area contributed by atoms with Gasteiger partial charge in [-0.05, 0) is 43.3 Å². The molecule has 4 aromatic rings. The first-order valence-electron chi connectivity index (χ1n) is 9.52. The molecule has 0 fully saturated rings. The zero-order valence-corrected chi connectivity index (χ0v) is 17.3. The number of hydrogen-bond acceptors (Lipinski definition) is 4. The first-order valence-corrected chi connectivity index (χ1v) is 9.90. The molecule has 3 aromatic carbocycles. The zero-order chi connectivity index (χ0) is 21.8. The maximum absolute atomic E-state index is 12.9. The topological polar surface area (TPSA) is 73.2 Å². The summed E-state index contributed by atoms with van der Waals surface area (Å²) in [6.07, 6.45) is 0. The highest BCUT2D eigenvalue weighted by atomic mass is 35.5. The molecule has 7 heteroatoms. The van der Waals surface area contributed by atoms with Gasteiger partial charge in [0.15, 0.2) is 11.4 Å². The van der Waals surface area contributed by atoms with E-state index < -0.39 is 11.3 Å². The number of halogens is 1. The molecule has 0 aliphatic heterocycles. The third-order valence-corrected chi connectivity index (χ3v) is 4.83. The van der Waals surface area contributed by atoms with Gasteiger partial charge >= 0.3 is 0 Å². The molecule has 0 unspecified atom stereocenters. The van der Waals surface area contributed by atoms with E-state index in [9.17, 15) is 9.59 Å². The number of benzene rings is 3. The van der Waals surface area contributed by atoms with Crippen molar-refractivity contribution in [2.24, 2.45) is 0 Å². The number of ether oxygens (including phenoxy) is 1. The number of amides is 1. The Balaban J connectivity index is 1.67. The van der Waals surface area contributed by atoms with Crippen LogP contribution < -0.4 is 15.5 Å². The van der Waals surface area contributed by atoms with E-state index >= 15 is 0 Å². The third-order valence-electron chi connectivity index (χ3n) is 4.51. The van der Waals surface area contributed by atoms with Crippen molar-refractivity contribution in [1.29, 1.82) is 0 Å². The summed E-state index contributed by atoms with van der Waals surface area (Å²) in [5.41, 5.74) is 0.813. The molecule has 0 saturated heterocycles. The lowest BCUT2D eigenvalue weighted by Crippen LogP contribution is -2.27. The Morgan fingerprint density at radius 1 is 0.968 bits per heavy atom. The molecule has 1 N–H and O–H groups in total. The van der Waals surface area contributed by atoms with Gasteiger partial charge in [-0.15, -0.1) is 0 Å². The van der Waals surface area contributed by atoms with Crippen LogP contribution in [0.1, 0.15) is 16.2 Å². The molecule has 0 aliphatic carbocycles. The van der Waals surface area contributed by atoms with E-state index in [1.165, 1.54) is 10.7 Å². The average molecular weight is 432 g/mol. The van der Waals surface area contributed by atoms with Crippen LogP contribution in [0.25, 0.3) is 5.69 Å². The molecule has 1 heterocycles. The van der Waals surface area contributed by atoms with Crippen molar-refractivity contribution in [2.75, 3.05) is 5.32 Å². The van der Waals surface area contributed by atoms with Crippen LogP contribution in [0.5, 0.6) is 11.5 Å². The molecule has 31 heavy (non-hydrogen) atoms. The molecular weight excluding hydrogens is 414 g/mol. The number of aromatic nitrogens is 2. The summed E-state index contributed by atoms with van der Waals surface area (Å²) in [4.78, 5) is 25.5. The number of nitrogens with one attached hydrogen (secondary N) is 1. The summed E-state index contributed by atoms with van der Waals surface area (Å²) in [6, 6.07) is 24.6. The molecule has 0 spiro atoms. The minimum atomic E-state index is -0.644. The number of hydrogen-bond donors (Lipinski definition) is 1. The van der Waals surface area contributed by atoms with Gasteiger partial charge in [0, 0.05) is 11.8 Å². The van der Waals surface area contributed by atoms with Gasteiger partial charge in [-0.1, -0.05) is 54.1 Å². The van der Waals surface area contributed by atoms with Crippen molar-refractivity contribution in [3.63, 3.8) is 0 Å². The second-order valence-electron chi connectivity index (χ2n) is 6.73. The number of anilines is 1. The van der Waals surface area contributed by atoms with Crippen LogP contribution >= 0.6 is 11.6 Å². The Hall–Kier alpha value is -3.90. The van der Waals surface area contributed by atoms with Crippen LogP contribution in [0.2, 0.25) is 5.02 Å². The highest BCUT2D eigenvalue weighted by molar-refractivity contribution is 6.32. The van der Waals surface area contributed by atoms with Gasteiger partial charge in [0.05, 0.1) is 16.4 Å². The lowest BCUT2D eigenvalue weighted by atomic mass is 10.2. The third kappa shape index (κ3) is 4.49. The largest absolute Gasteiger partial charge is 0.455 e. The van der Waals surface area contributed by atoms with Crippen molar-refractivity contribution in [1.82, 2.24) is 9.78 Å². The van der Waals surface area contributed by atoms with Gasteiger partial charge in [-0.2, -0.15) is 5.10 Å². The van der Waals surface area contributed by atoms with Crippen molar-refractivity contribution in [3.8, 4) is 17.2 Å². The van der Waals surface area contributed by atoms with Crippen LogP contribution in [0.3, 0.4) is 0 Å². The Morgan fingerprint density at radius 3 is 2.42 bits per heavy atom. The summed E-state index contributed by atoms with van der Waals surface area (Å²) in [5.74, 6) is 0.425. The SMILES string of the molecule is Cc1cc(=O)c(C(=O)Nc2ccccc2Oc2ccccc2)nn1-c1ccccc1Cl. The Kier molecular flexibility index (Phi) is 5.82. The van der Waals surface area contributed by atoms with Gasteiger partial charge < -0.3 is 10.1 Å². The molecule has 1 aromatic heterocycles. The molecule has 1 amide bonds. The van der Waals surface area contributed by atoms with Gasteiger partial charge in [0.1, 0.15) is 5.75 Å². The van der Waals surface area contributed by atoms with E-state index in [1.807, 2.05) is 30.3 Å². The summed E-state index contributed by atoms with van der Waals surface area (Å²) in [7, 11) is 0. The summed E-state index contributed by atoms with van der Waals surface area (Å²) in [5, 5.41) is 7.46. The molecular formula is C24H18ClN3O3. The quantitative estimate of drug-likeness (QED) is 0.469. The summed E-state index contributed by atoms with van der Waals surface area (Å²) in [6.45, 7) is 1.72. The molecule has 4 rings (SSSR count). The van der Waals surface area contributed by atoms with Crippen molar-refractivity contribution < 1.29 is 9.53 Å². The second kappa shape index (κ2) is 8.85. The lowest BCUT2D eigenvalue weighted by Gasteiger charge is -2.14. The molecule has 0 radical (unpaired) electrons. The number of carbonyl (C=O) groups is 1. The predicted molar refractivity (Wildman–Crippen MR) is 120 cm³/mol. The highest BCUT2D eigenvalue weighted by Gasteiger charge is 2.18. The summed E-state index contributed by atoms with van der Waals surface area (Å²) >= 11 is 6.27. The molecule has 0 saturated carbocycles. The smallest absolute Gasteiger partial charge is 0.280 e. The molecule has 6 nitrogen and oxygen atoms in total. The van der Waals surface area contributed by atoms with Gasteiger partial charge in [-0.3, -0.25) is 9.59 Å². The van der Waals surface area contributed by atoms with E-state index in [4.69, 9.17) is 16.3 Å². The van der Waals surface area contributed by atoms with E-state index in [1.54, 1.807) is 55.5 Å². The normalized spacial score (nSPS) is 10.5. The number of carbonyl (C=O) groups excluding carboxylic acids is 1. The second-order valence-corrected chi connectivity index (χ2v) is 7.13. The number of rotatable bonds is 5. The van der Waals surface area contributed by atoms with Crippen molar-refractivity contribution in [3.05, 3.63) is 112 Å². The first kappa shape index (κ1) is 20.4. The fourth-order valence-electron chi connectivity index (χ4n) is 3.03. The average Bonchev–Trinajstić information content (AvgIpc) is 2.76. The zero-order valence-electron chi connectivity index (χ0n) is 16.6. The van der Waals surface area contributed by atoms with Gasteiger partial charge in [0.2, 0.25) is 5.43 Å². The van der Waals surface area contributed by atoms with E-state index in [0.29, 0.717) is 33.6 Å². The Labute approximate surface area is 183 Å². The monoisotopic (exact) mass is 431 g/mol. The van der Waals surface area contributed by atoms with E-state index in [0.717, 1.165) is 0 Å².